The summed E-state index contributed by atoms with van der Waals surface area (Å²) in [7, 11) is 0. The van der Waals surface area contributed by atoms with Crippen LogP contribution in [0.3, 0.4) is 0 Å². The third-order valence-electron chi connectivity index (χ3n) is 3.61. The molecule has 0 bridgehead atoms. The van der Waals surface area contributed by atoms with E-state index in [9.17, 15) is 9.18 Å². The molecule has 3 rings (SSSR count). The van der Waals surface area contributed by atoms with E-state index in [2.05, 4.69) is 10.3 Å². The lowest BCUT2D eigenvalue weighted by Gasteiger charge is -2.17. The summed E-state index contributed by atoms with van der Waals surface area (Å²) >= 11 is 0. The van der Waals surface area contributed by atoms with Crippen molar-refractivity contribution in [2.75, 3.05) is 23.3 Å². The Bertz CT molecular complexity index is 687. The van der Waals surface area contributed by atoms with Crippen LogP contribution in [0.15, 0.2) is 36.5 Å². The van der Waals surface area contributed by atoms with Crippen molar-refractivity contribution >= 4 is 17.4 Å². The monoisotopic (exact) mass is 285 g/mol. The molecule has 0 aliphatic carbocycles. The maximum absolute atomic E-state index is 13.5. The van der Waals surface area contributed by atoms with Gasteiger partial charge in [-0.2, -0.15) is 0 Å². The number of carbonyl (C=O) groups is 1. The van der Waals surface area contributed by atoms with Gasteiger partial charge in [-0.05, 0) is 42.7 Å². The highest BCUT2D eigenvalue weighted by atomic mass is 19.1. The summed E-state index contributed by atoms with van der Waals surface area (Å²) in [6.45, 7) is 2.69. The van der Waals surface area contributed by atoms with E-state index in [1.165, 1.54) is 6.07 Å². The molecule has 1 aromatic heterocycles. The summed E-state index contributed by atoms with van der Waals surface area (Å²) in [4.78, 5) is 18.3. The second-order valence-corrected chi connectivity index (χ2v) is 5.17. The fourth-order valence-electron chi connectivity index (χ4n) is 2.47. The molecule has 108 valence electrons. The third kappa shape index (κ3) is 2.86. The highest BCUT2D eigenvalue weighted by molar-refractivity contribution is 5.94. The minimum absolute atomic E-state index is 0.170. The van der Waals surface area contributed by atoms with E-state index in [0.29, 0.717) is 11.3 Å². The number of aryl methyl sites for hydroxylation is 1. The molecule has 4 nitrogen and oxygen atoms in total. The number of rotatable bonds is 3. The molecule has 1 aromatic carbocycles. The van der Waals surface area contributed by atoms with Gasteiger partial charge in [0.1, 0.15) is 11.6 Å². The number of halogens is 1. The van der Waals surface area contributed by atoms with Gasteiger partial charge in [-0.3, -0.25) is 4.79 Å². The summed E-state index contributed by atoms with van der Waals surface area (Å²) in [6.07, 6.45) is 2.63. The van der Waals surface area contributed by atoms with E-state index in [1.807, 2.05) is 17.0 Å². The summed E-state index contributed by atoms with van der Waals surface area (Å²) in [5.74, 6) is 0.375. The molecular weight excluding hydrogens is 269 g/mol. The number of amides is 1. The average Bonchev–Trinajstić information content (AvgIpc) is 2.86. The summed E-state index contributed by atoms with van der Waals surface area (Å²) in [5, 5.41) is 2.72. The molecule has 1 aliphatic heterocycles. The number of pyridine rings is 1. The number of hydrogen-bond acceptors (Lipinski definition) is 3. The average molecular weight is 285 g/mol. The number of fused-ring (bicyclic) bond motifs is 1. The summed E-state index contributed by atoms with van der Waals surface area (Å²) < 4.78 is 13.5. The minimum atomic E-state index is -0.319. The fraction of sp³-hybridized carbons (Fsp3) is 0.250. The zero-order valence-electron chi connectivity index (χ0n) is 11.8. The van der Waals surface area contributed by atoms with E-state index in [-0.39, 0.29) is 18.3 Å². The Morgan fingerprint density at radius 1 is 1.43 bits per heavy atom. The van der Waals surface area contributed by atoms with E-state index < -0.39 is 0 Å². The lowest BCUT2D eigenvalue weighted by Crippen LogP contribution is -2.32. The maximum Gasteiger partial charge on any atom is 0.243 e. The molecule has 0 radical (unpaired) electrons. The van der Waals surface area contributed by atoms with Crippen LogP contribution in [0.1, 0.15) is 11.1 Å². The van der Waals surface area contributed by atoms with E-state index in [1.54, 1.807) is 25.3 Å². The Morgan fingerprint density at radius 3 is 3.10 bits per heavy atom. The summed E-state index contributed by atoms with van der Waals surface area (Å²) in [5.41, 5.74) is 2.20. The predicted octanol–water partition coefficient (Wildman–Crippen LogP) is 2.53. The number of carbonyl (C=O) groups excluding carboxylic acids is 1. The zero-order valence-corrected chi connectivity index (χ0v) is 11.8. The van der Waals surface area contributed by atoms with Crippen molar-refractivity contribution in [1.82, 2.24) is 4.98 Å². The van der Waals surface area contributed by atoms with Crippen LogP contribution in [0.2, 0.25) is 0 Å². The molecule has 1 amide bonds. The van der Waals surface area contributed by atoms with Gasteiger partial charge in [0.05, 0.1) is 6.54 Å². The van der Waals surface area contributed by atoms with Crippen LogP contribution in [-0.4, -0.2) is 24.0 Å². The highest BCUT2D eigenvalue weighted by Gasteiger charge is 2.21. The van der Waals surface area contributed by atoms with Crippen LogP contribution < -0.4 is 10.2 Å². The van der Waals surface area contributed by atoms with Crippen molar-refractivity contribution in [3.05, 3.63) is 53.5 Å². The summed E-state index contributed by atoms with van der Waals surface area (Å²) in [6, 6.07) is 8.61. The first-order valence-electron chi connectivity index (χ1n) is 6.88. The Labute approximate surface area is 122 Å². The molecule has 5 heteroatoms. The predicted molar refractivity (Wildman–Crippen MR) is 79.9 cm³/mol. The van der Waals surface area contributed by atoms with Crippen LogP contribution in [0, 0.1) is 12.7 Å². The van der Waals surface area contributed by atoms with Crippen molar-refractivity contribution in [1.29, 1.82) is 0 Å². The lowest BCUT2D eigenvalue weighted by molar-refractivity contribution is -0.115. The SMILES string of the molecule is Cc1ccc(NC(=O)CN2CCc3cccnc32)cc1F. The molecule has 0 saturated heterocycles. The lowest BCUT2D eigenvalue weighted by atomic mass is 10.2. The smallest absolute Gasteiger partial charge is 0.243 e. The van der Waals surface area contributed by atoms with Crippen molar-refractivity contribution in [3.8, 4) is 0 Å². The van der Waals surface area contributed by atoms with Crippen molar-refractivity contribution in [3.63, 3.8) is 0 Å². The molecule has 0 fully saturated rings. The van der Waals surface area contributed by atoms with Gasteiger partial charge >= 0.3 is 0 Å². The van der Waals surface area contributed by atoms with Gasteiger partial charge < -0.3 is 10.2 Å². The van der Waals surface area contributed by atoms with Gasteiger partial charge in [0.15, 0.2) is 0 Å². The van der Waals surface area contributed by atoms with Gasteiger partial charge in [0, 0.05) is 18.4 Å². The largest absolute Gasteiger partial charge is 0.347 e. The quantitative estimate of drug-likeness (QED) is 0.942. The number of aromatic nitrogens is 1. The molecule has 1 N–H and O–H groups in total. The number of nitrogens with one attached hydrogen (secondary N) is 1. The van der Waals surface area contributed by atoms with Crippen molar-refractivity contribution < 1.29 is 9.18 Å². The third-order valence-corrected chi connectivity index (χ3v) is 3.61. The number of anilines is 2. The van der Waals surface area contributed by atoms with Crippen LogP contribution in [0.4, 0.5) is 15.9 Å². The molecule has 1 aliphatic rings. The van der Waals surface area contributed by atoms with Crippen molar-refractivity contribution in [2.24, 2.45) is 0 Å². The molecule has 2 aromatic rings. The van der Waals surface area contributed by atoms with Crippen LogP contribution in [0.5, 0.6) is 0 Å². The van der Waals surface area contributed by atoms with Gasteiger partial charge in [0.2, 0.25) is 5.91 Å². The molecule has 0 spiro atoms. The standard InChI is InChI=1S/C16H16FN3O/c1-11-4-5-13(9-14(11)17)19-15(21)10-20-8-6-12-3-2-7-18-16(12)20/h2-5,7,9H,6,8,10H2,1H3,(H,19,21). The highest BCUT2D eigenvalue weighted by Crippen LogP contribution is 2.24. The van der Waals surface area contributed by atoms with E-state index >= 15 is 0 Å². The minimum Gasteiger partial charge on any atom is -0.347 e. The van der Waals surface area contributed by atoms with Gasteiger partial charge in [0.25, 0.3) is 0 Å². The van der Waals surface area contributed by atoms with Gasteiger partial charge in [-0.25, -0.2) is 9.37 Å². The first-order chi connectivity index (χ1) is 10.1. The van der Waals surface area contributed by atoms with Crippen molar-refractivity contribution in [2.45, 2.75) is 13.3 Å². The van der Waals surface area contributed by atoms with E-state index in [4.69, 9.17) is 0 Å². The molecule has 0 unspecified atom stereocenters. The Kier molecular flexibility index (Phi) is 3.56. The molecular formula is C16H16FN3O. The van der Waals surface area contributed by atoms with Crippen LogP contribution in [-0.2, 0) is 11.2 Å². The molecule has 0 saturated carbocycles. The van der Waals surface area contributed by atoms with Gasteiger partial charge in [-0.1, -0.05) is 12.1 Å². The Morgan fingerprint density at radius 2 is 2.29 bits per heavy atom. The second-order valence-electron chi connectivity index (χ2n) is 5.17. The zero-order chi connectivity index (χ0) is 14.8. The number of hydrogen-bond donors (Lipinski definition) is 1. The molecule has 2 heterocycles. The normalized spacial score (nSPS) is 13.1. The fourth-order valence-corrected chi connectivity index (χ4v) is 2.47. The first-order valence-corrected chi connectivity index (χ1v) is 6.88. The topological polar surface area (TPSA) is 45.2 Å². The van der Waals surface area contributed by atoms with Gasteiger partial charge in [-0.15, -0.1) is 0 Å². The maximum atomic E-state index is 13.5. The Balaban J connectivity index is 1.66. The molecule has 21 heavy (non-hydrogen) atoms. The number of nitrogens with zero attached hydrogens (tertiary/aromatic N) is 2. The second kappa shape index (κ2) is 5.52. The number of benzene rings is 1. The van der Waals surface area contributed by atoms with Crippen LogP contribution >= 0.6 is 0 Å². The first kappa shape index (κ1) is 13.5. The molecule has 0 atom stereocenters. The Hall–Kier alpha value is -2.43. The van der Waals surface area contributed by atoms with E-state index in [0.717, 1.165) is 24.3 Å². The van der Waals surface area contributed by atoms with Crippen LogP contribution in [0.25, 0.3) is 0 Å².